The maximum Gasteiger partial charge on any atom is 0.238 e. The van der Waals surface area contributed by atoms with E-state index in [0.717, 1.165) is 24.2 Å². The lowest BCUT2D eigenvalue weighted by Gasteiger charge is -2.33. The summed E-state index contributed by atoms with van der Waals surface area (Å²) in [6.07, 6.45) is 2.82. The summed E-state index contributed by atoms with van der Waals surface area (Å²) in [4.78, 5) is 12.5. The number of sulfonamides is 1. The summed E-state index contributed by atoms with van der Waals surface area (Å²) in [5.41, 5.74) is 0.947. The van der Waals surface area contributed by atoms with Crippen LogP contribution < -0.4 is 10.1 Å². The number of hydrogen-bond donors (Lipinski definition) is 1. The molecule has 1 unspecified atom stereocenters. The van der Waals surface area contributed by atoms with E-state index in [2.05, 4.69) is 5.32 Å². The van der Waals surface area contributed by atoms with Gasteiger partial charge >= 0.3 is 0 Å². The van der Waals surface area contributed by atoms with Crippen LogP contribution in [0, 0.1) is 0 Å². The normalized spacial score (nSPS) is 19.0. The highest BCUT2D eigenvalue weighted by molar-refractivity contribution is 7.89. The molecule has 1 fully saturated rings. The molecule has 0 saturated carbocycles. The summed E-state index contributed by atoms with van der Waals surface area (Å²) in [5.74, 6) is 0.634. The van der Waals surface area contributed by atoms with Crippen LogP contribution in [0.2, 0.25) is 0 Å². The maximum absolute atomic E-state index is 12.5. The lowest BCUT2D eigenvalue weighted by atomic mass is 10.0. The van der Waals surface area contributed by atoms with Gasteiger partial charge in [-0.3, -0.25) is 4.79 Å². The van der Waals surface area contributed by atoms with Crippen LogP contribution in [0.4, 0.5) is 0 Å². The fourth-order valence-electron chi connectivity index (χ4n) is 2.93. The fourth-order valence-corrected chi connectivity index (χ4v) is 4.67. The average Bonchev–Trinajstić information content (AvgIpc) is 2.60. The Balaban J connectivity index is 2.00. The van der Waals surface area contributed by atoms with Crippen molar-refractivity contribution in [1.29, 1.82) is 0 Å². The van der Waals surface area contributed by atoms with Crippen molar-refractivity contribution in [2.75, 3.05) is 19.4 Å². The van der Waals surface area contributed by atoms with E-state index in [1.807, 2.05) is 31.2 Å². The van der Waals surface area contributed by atoms with E-state index in [0.29, 0.717) is 25.9 Å². The zero-order chi connectivity index (χ0) is 17.6. The van der Waals surface area contributed by atoms with Gasteiger partial charge in [0.2, 0.25) is 15.9 Å². The number of nitrogens with one attached hydrogen (secondary N) is 1. The molecule has 0 bridgehead atoms. The monoisotopic (exact) mass is 354 g/mol. The molecule has 1 aromatic carbocycles. The second kappa shape index (κ2) is 8.48. The van der Waals surface area contributed by atoms with E-state index >= 15 is 0 Å². The van der Waals surface area contributed by atoms with Crippen LogP contribution >= 0.6 is 0 Å². The highest BCUT2D eigenvalue weighted by Gasteiger charge is 2.35. The van der Waals surface area contributed by atoms with Crippen molar-refractivity contribution in [2.45, 2.75) is 45.2 Å². The summed E-state index contributed by atoms with van der Waals surface area (Å²) < 4.78 is 31.3. The predicted octanol–water partition coefficient (Wildman–Crippen LogP) is 1.91. The molecule has 24 heavy (non-hydrogen) atoms. The summed E-state index contributed by atoms with van der Waals surface area (Å²) >= 11 is 0. The van der Waals surface area contributed by atoms with Crippen LogP contribution in [0.3, 0.4) is 0 Å². The number of benzene rings is 1. The Morgan fingerprint density at radius 2 is 2.00 bits per heavy atom. The summed E-state index contributed by atoms with van der Waals surface area (Å²) in [7, 11) is -1.76. The second-order valence-corrected chi connectivity index (χ2v) is 8.05. The molecule has 1 heterocycles. The minimum absolute atomic E-state index is 0.0925. The molecule has 0 aliphatic carbocycles. The van der Waals surface area contributed by atoms with Gasteiger partial charge in [-0.05, 0) is 37.0 Å². The molecule has 6 nitrogen and oxygen atoms in total. The molecule has 134 valence electrons. The van der Waals surface area contributed by atoms with Crippen molar-refractivity contribution < 1.29 is 17.9 Å². The van der Waals surface area contributed by atoms with Gasteiger partial charge in [0.25, 0.3) is 0 Å². The first kappa shape index (κ1) is 18.7. The third-order valence-corrected chi connectivity index (χ3v) is 6.28. The Labute approximate surface area is 144 Å². The molecule has 0 radical (unpaired) electrons. The first-order valence-electron chi connectivity index (χ1n) is 8.38. The third kappa shape index (κ3) is 4.70. The largest absolute Gasteiger partial charge is 0.497 e. The van der Waals surface area contributed by atoms with Gasteiger partial charge in [0, 0.05) is 13.1 Å². The molecular weight excluding hydrogens is 328 g/mol. The van der Waals surface area contributed by atoms with Gasteiger partial charge in [0.1, 0.15) is 11.8 Å². The lowest BCUT2D eigenvalue weighted by Crippen LogP contribution is -2.52. The molecule has 0 spiro atoms. The summed E-state index contributed by atoms with van der Waals surface area (Å²) in [5, 5.41) is 2.86. The van der Waals surface area contributed by atoms with Crippen molar-refractivity contribution in [3.05, 3.63) is 29.8 Å². The number of hydrogen-bond acceptors (Lipinski definition) is 4. The molecule has 2 rings (SSSR count). The van der Waals surface area contributed by atoms with Crippen LogP contribution in [0.5, 0.6) is 5.75 Å². The number of carbonyl (C=O) groups is 1. The van der Waals surface area contributed by atoms with Gasteiger partial charge in [-0.15, -0.1) is 0 Å². The van der Waals surface area contributed by atoms with Gasteiger partial charge in [0.05, 0.1) is 12.9 Å². The molecule has 1 aliphatic heterocycles. The van der Waals surface area contributed by atoms with E-state index in [9.17, 15) is 13.2 Å². The van der Waals surface area contributed by atoms with Gasteiger partial charge < -0.3 is 10.1 Å². The lowest BCUT2D eigenvalue weighted by molar-refractivity contribution is -0.125. The molecule has 1 amide bonds. The number of methoxy groups -OCH3 is 1. The molecule has 0 aromatic heterocycles. The predicted molar refractivity (Wildman–Crippen MR) is 93.3 cm³/mol. The molecule has 7 heteroatoms. The topological polar surface area (TPSA) is 75.7 Å². The summed E-state index contributed by atoms with van der Waals surface area (Å²) in [6, 6.07) is 6.84. The quantitative estimate of drug-likeness (QED) is 0.811. The van der Waals surface area contributed by atoms with E-state index in [-0.39, 0.29) is 11.7 Å². The van der Waals surface area contributed by atoms with Crippen molar-refractivity contribution in [1.82, 2.24) is 9.62 Å². The number of nitrogens with zero attached hydrogens (tertiary/aromatic N) is 1. The second-order valence-electron chi connectivity index (χ2n) is 6.00. The SMILES string of the molecule is CCCS(=O)(=O)N1CCCCC1C(=O)NCc1ccc(OC)cc1. The maximum atomic E-state index is 12.5. The zero-order valence-electron chi connectivity index (χ0n) is 14.3. The van der Waals surface area contributed by atoms with Crippen molar-refractivity contribution in [3.8, 4) is 5.75 Å². The van der Waals surface area contributed by atoms with Crippen molar-refractivity contribution in [3.63, 3.8) is 0 Å². The Hall–Kier alpha value is -1.60. The molecule has 1 aromatic rings. The number of amides is 1. The minimum atomic E-state index is -3.36. The number of rotatable bonds is 7. The molecule has 1 saturated heterocycles. The fraction of sp³-hybridized carbons (Fsp3) is 0.588. The van der Waals surface area contributed by atoms with Gasteiger partial charge in [0.15, 0.2) is 0 Å². The van der Waals surface area contributed by atoms with Gasteiger partial charge in [-0.2, -0.15) is 4.31 Å². The van der Waals surface area contributed by atoms with Crippen LogP contribution in [-0.2, 0) is 21.4 Å². The Bertz CT molecular complexity index is 643. The zero-order valence-corrected chi connectivity index (χ0v) is 15.1. The number of ether oxygens (including phenoxy) is 1. The highest BCUT2D eigenvalue weighted by Crippen LogP contribution is 2.21. The van der Waals surface area contributed by atoms with Crippen LogP contribution in [0.25, 0.3) is 0 Å². The van der Waals surface area contributed by atoms with Crippen LogP contribution in [0.15, 0.2) is 24.3 Å². The molecular formula is C17H26N2O4S. The van der Waals surface area contributed by atoms with Crippen molar-refractivity contribution >= 4 is 15.9 Å². The van der Waals surface area contributed by atoms with Crippen LogP contribution in [-0.4, -0.2) is 44.1 Å². The summed E-state index contributed by atoms with van der Waals surface area (Å²) in [6.45, 7) is 2.64. The highest BCUT2D eigenvalue weighted by atomic mass is 32.2. The Kier molecular flexibility index (Phi) is 6.62. The van der Waals surface area contributed by atoms with Crippen molar-refractivity contribution in [2.24, 2.45) is 0 Å². The van der Waals surface area contributed by atoms with E-state index < -0.39 is 16.1 Å². The first-order chi connectivity index (χ1) is 11.5. The average molecular weight is 354 g/mol. The van der Waals surface area contributed by atoms with Gasteiger partial charge in [-0.25, -0.2) is 8.42 Å². The molecule has 1 N–H and O–H groups in total. The smallest absolute Gasteiger partial charge is 0.238 e. The molecule has 1 atom stereocenters. The van der Waals surface area contributed by atoms with E-state index in [4.69, 9.17) is 4.74 Å². The van der Waals surface area contributed by atoms with E-state index in [1.54, 1.807) is 7.11 Å². The van der Waals surface area contributed by atoms with E-state index in [1.165, 1.54) is 4.31 Å². The van der Waals surface area contributed by atoms with Gasteiger partial charge in [-0.1, -0.05) is 25.5 Å². The third-order valence-electron chi connectivity index (χ3n) is 4.20. The molecule has 1 aliphatic rings. The number of piperidine rings is 1. The standard InChI is InChI=1S/C17H26N2O4S/c1-3-12-24(21,22)19-11-5-4-6-16(19)17(20)18-13-14-7-9-15(23-2)10-8-14/h7-10,16H,3-6,11-13H2,1-2H3,(H,18,20). The number of carbonyl (C=O) groups excluding carboxylic acids is 1. The first-order valence-corrected chi connectivity index (χ1v) is 9.99. The Morgan fingerprint density at radius 1 is 1.29 bits per heavy atom. The van der Waals surface area contributed by atoms with Crippen LogP contribution in [0.1, 0.15) is 38.2 Å². The Morgan fingerprint density at radius 3 is 2.62 bits per heavy atom. The minimum Gasteiger partial charge on any atom is -0.497 e.